The van der Waals surface area contributed by atoms with Crippen molar-refractivity contribution < 1.29 is 27.8 Å². The lowest BCUT2D eigenvalue weighted by Crippen LogP contribution is -2.24. The number of amides is 2. The maximum Gasteiger partial charge on any atom is 0.418 e. The fourth-order valence-corrected chi connectivity index (χ4v) is 2.41. The van der Waals surface area contributed by atoms with E-state index in [9.17, 15) is 23.1 Å². The van der Waals surface area contributed by atoms with Gasteiger partial charge in [0.15, 0.2) is 6.10 Å². The number of anilines is 2. The zero-order valence-electron chi connectivity index (χ0n) is 14.3. The van der Waals surface area contributed by atoms with E-state index in [0.717, 1.165) is 12.5 Å². The largest absolute Gasteiger partial charge is 0.491 e. The molecule has 0 aliphatic rings. The number of carbonyl (C=O) groups is 1. The molecule has 2 aromatic rings. The number of nitrogens with one attached hydrogen (secondary N) is 2. The lowest BCUT2D eigenvalue weighted by Gasteiger charge is -2.19. The molecular formula is C18H18ClF3N2O3. The van der Waals surface area contributed by atoms with E-state index in [0.29, 0.717) is 17.4 Å². The molecule has 2 rings (SSSR count). The van der Waals surface area contributed by atoms with Gasteiger partial charge in [0.25, 0.3) is 0 Å². The van der Waals surface area contributed by atoms with E-state index in [1.54, 1.807) is 12.1 Å². The van der Waals surface area contributed by atoms with E-state index in [1.165, 1.54) is 24.3 Å². The Morgan fingerprint density at radius 1 is 1.19 bits per heavy atom. The number of aliphatic hydroxyl groups is 1. The van der Waals surface area contributed by atoms with Crippen molar-refractivity contribution in [1.29, 1.82) is 0 Å². The van der Waals surface area contributed by atoms with Gasteiger partial charge in [-0.15, -0.1) is 0 Å². The van der Waals surface area contributed by atoms with Gasteiger partial charge in [-0.3, -0.25) is 0 Å². The molecule has 0 saturated carbocycles. The fourth-order valence-electron chi connectivity index (χ4n) is 2.24. The normalized spacial score (nSPS) is 12.4. The van der Waals surface area contributed by atoms with Crippen molar-refractivity contribution in [3.8, 4) is 5.75 Å². The lowest BCUT2D eigenvalue weighted by molar-refractivity contribution is -0.206. The minimum absolute atomic E-state index is 0.169. The number of hydrogen-bond acceptors (Lipinski definition) is 3. The van der Waals surface area contributed by atoms with Crippen LogP contribution in [0.15, 0.2) is 42.5 Å². The van der Waals surface area contributed by atoms with Gasteiger partial charge >= 0.3 is 12.2 Å². The molecule has 0 spiro atoms. The molecule has 5 nitrogen and oxygen atoms in total. The highest BCUT2D eigenvalue weighted by atomic mass is 35.5. The van der Waals surface area contributed by atoms with Gasteiger partial charge < -0.3 is 20.5 Å². The Bertz CT molecular complexity index is 800. The number of alkyl halides is 3. The second kappa shape index (κ2) is 8.96. The number of para-hydroxylation sites is 1. The van der Waals surface area contributed by atoms with Crippen LogP contribution in [-0.4, -0.2) is 23.9 Å². The number of aliphatic hydroxyl groups excluding tert-OH is 1. The quantitative estimate of drug-likeness (QED) is 0.608. The third-order valence-corrected chi connectivity index (χ3v) is 3.70. The summed E-state index contributed by atoms with van der Waals surface area (Å²) in [6, 6.07) is 8.94. The molecule has 0 aromatic heterocycles. The minimum Gasteiger partial charge on any atom is -0.491 e. The Kier molecular flexibility index (Phi) is 6.92. The maximum atomic E-state index is 12.8. The third-order valence-electron chi connectivity index (χ3n) is 3.47. The highest BCUT2D eigenvalue weighted by molar-refractivity contribution is 6.31. The van der Waals surface area contributed by atoms with Gasteiger partial charge in [0.1, 0.15) is 5.75 Å². The number of urea groups is 1. The summed E-state index contributed by atoms with van der Waals surface area (Å²) in [5.41, 5.74) is -0.367. The van der Waals surface area contributed by atoms with Crippen molar-refractivity contribution in [3.05, 3.63) is 53.1 Å². The number of benzene rings is 2. The molecule has 27 heavy (non-hydrogen) atoms. The molecule has 0 saturated heterocycles. The molecule has 0 heterocycles. The molecule has 0 fully saturated rings. The Labute approximate surface area is 159 Å². The van der Waals surface area contributed by atoms with Crippen LogP contribution in [0.5, 0.6) is 5.75 Å². The predicted octanol–water partition coefficient (Wildman–Crippen LogP) is 5.37. The smallest absolute Gasteiger partial charge is 0.418 e. The van der Waals surface area contributed by atoms with Crippen molar-refractivity contribution in [2.24, 2.45) is 0 Å². The summed E-state index contributed by atoms with van der Waals surface area (Å²) < 4.78 is 43.9. The molecule has 0 bridgehead atoms. The van der Waals surface area contributed by atoms with E-state index in [-0.39, 0.29) is 11.4 Å². The second-order valence-corrected chi connectivity index (χ2v) is 6.04. The van der Waals surface area contributed by atoms with Crippen molar-refractivity contribution in [2.75, 3.05) is 17.2 Å². The average molecular weight is 403 g/mol. The third kappa shape index (κ3) is 5.77. The first kappa shape index (κ1) is 20.9. The maximum absolute atomic E-state index is 12.8. The number of ether oxygens (including phenoxy) is 1. The summed E-state index contributed by atoms with van der Waals surface area (Å²) in [6.45, 7) is 2.33. The van der Waals surface area contributed by atoms with E-state index in [4.69, 9.17) is 16.3 Å². The standard InChI is InChI=1S/C18H18ClF3N2O3/c1-2-9-27-15-8-7-11(19)10-14(15)24-17(26)23-13-6-4-3-5-12(13)16(25)18(20,21)22/h3-8,10,16,25H,2,9H2,1H3,(H2,23,24,26)/t16-/m1/s1. The Hall–Kier alpha value is -2.45. The fraction of sp³-hybridized carbons (Fsp3) is 0.278. The van der Waals surface area contributed by atoms with Crippen molar-refractivity contribution in [2.45, 2.75) is 25.6 Å². The van der Waals surface area contributed by atoms with Gasteiger partial charge in [0.2, 0.25) is 0 Å². The number of carbonyl (C=O) groups excluding carboxylic acids is 1. The van der Waals surface area contributed by atoms with Crippen LogP contribution >= 0.6 is 11.6 Å². The highest BCUT2D eigenvalue weighted by Gasteiger charge is 2.40. The van der Waals surface area contributed by atoms with E-state index >= 15 is 0 Å². The number of halogens is 4. The first-order valence-corrected chi connectivity index (χ1v) is 8.44. The van der Waals surface area contributed by atoms with Crippen LogP contribution in [0.25, 0.3) is 0 Å². The molecule has 0 radical (unpaired) electrons. The van der Waals surface area contributed by atoms with Gasteiger partial charge in [-0.1, -0.05) is 36.7 Å². The summed E-state index contributed by atoms with van der Waals surface area (Å²) >= 11 is 5.93. The van der Waals surface area contributed by atoms with Crippen LogP contribution in [0.3, 0.4) is 0 Å². The first-order chi connectivity index (χ1) is 12.7. The summed E-state index contributed by atoms with van der Waals surface area (Å²) in [5, 5.41) is 14.6. The number of rotatable bonds is 6. The average Bonchev–Trinajstić information content (AvgIpc) is 2.60. The molecular weight excluding hydrogens is 385 g/mol. The molecule has 0 aliphatic carbocycles. The van der Waals surface area contributed by atoms with Crippen LogP contribution in [0, 0.1) is 0 Å². The predicted molar refractivity (Wildman–Crippen MR) is 97.3 cm³/mol. The monoisotopic (exact) mass is 402 g/mol. The molecule has 9 heteroatoms. The number of hydrogen-bond donors (Lipinski definition) is 3. The molecule has 0 aliphatic heterocycles. The highest BCUT2D eigenvalue weighted by Crippen LogP contribution is 2.36. The van der Waals surface area contributed by atoms with Crippen molar-refractivity contribution in [1.82, 2.24) is 0 Å². The summed E-state index contributed by atoms with van der Waals surface area (Å²) in [5.74, 6) is 0.375. The first-order valence-electron chi connectivity index (χ1n) is 8.06. The van der Waals surface area contributed by atoms with E-state index in [1.807, 2.05) is 6.92 Å². The van der Waals surface area contributed by atoms with E-state index < -0.39 is 23.9 Å². The van der Waals surface area contributed by atoms with Crippen molar-refractivity contribution in [3.63, 3.8) is 0 Å². The van der Waals surface area contributed by atoms with Crippen LogP contribution in [0.2, 0.25) is 5.02 Å². The lowest BCUT2D eigenvalue weighted by atomic mass is 10.1. The van der Waals surface area contributed by atoms with Crippen molar-refractivity contribution >= 4 is 29.0 Å². The van der Waals surface area contributed by atoms with Gasteiger partial charge in [-0.2, -0.15) is 13.2 Å². The summed E-state index contributed by atoms with van der Waals surface area (Å²) in [4.78, 5) is 12.3. The van der Waals surface area contributed by atoms with E-state index in [2.05, 4.69) is 10.6 Å². The van der Waals surface area contributed by atoms with Crippen LogP contribution in [0.4, 0.5) is 29.3 Å². The summed E-state index contributed by atoms with van der Waals surface area (Å²) in [7, 11) is 0. The Balaban J connectivity index is 2.19. The molecule has 2 aromatic carbocycles. The molecule has 2 amide bonds. The zero-order valence-corrected chi connectivity index (χ0v) is 15.1. The summed E-state index contributed by atoms with van der Waals surface area (Å²) in [6.07, 6.45) is -6.83. The van der Waals surface area contributed by atoms with Crippen LogP contribution in [0.1, 0.15) is 25.0 Å². The molecule has 3 N–H and O–H groups in total. The molecule has 146 valence electrons. The Morgan fingerprint density at radius 2 is 1.85 bits per heavy atom. The molecule has 0 unspecified atom stereocenters. The van der Waals surface area contributed by atoms with Gasteiger partial charge in [0, 0.05) is 16.3 Å². The molecule has 1 atom stereocenters. The Morgan fingerprint density at radius 3 is 2.52 bits per heavy atom. The minimum atomic E-state index is -4.86. The van der Waals surface area contributed by atoms with Crippen LogP contribution < -0.4 is 15.4 Å². The van der Waals surface area contributed by atoms with Gasteiger partial charge in [0.05, 0.1) is 12.3 Å². The zero-order chi connectivity index (χ0) is 20.0. The SMILES string of the molecule is CCCOc1ccc(Cl)cc1NC(=O)Nc1ccccc1[C@@H](O)C(F)(F)F. The second-order valence-electron chi connectivity index (χ2n) is 5.60. The topological polar surface area (TPSA) is 70.6 Å². The van der Waals surface area contributed by atoms with Gasteiger partial charge in [-0.25, -0.2) is 4.79 Å². The van der Waals surface area contributed by atoms with Gasteiger partial charge in [-0.05, 0) is 30.7 Å². The van der Waals surface area contributed by atoms with Crippen LogP contribution in [-0.2, 0) is 0 Å².